The Morgan fingerprint density at radius 1 is 1.30 bits per heavy atom. The van der Waals surface area contributed by atoms with Crippen molar-refractivity contribution in [2.24, 2.45) is 5.41 Å². The highest BCUT2D eigenvalue weighted by Crippen LogP contribution is 2.34. The van der Waals surface area contributed by atoms with Crippen LogP contribution in [0.2, 0.25) is 0 Å². The van der Waals surface area contributed by atoms with Crippen molar-refractivity contribution in [3.63, 3.8) is 0 Å². The molecule has 1 aromatic rings. The summed E-state index contributed by atoms with van der Waals surface area (Å²) in [6.07, 6.45) is 6.69. The average Bonchev–Trinajstić information content (AvgIpc) is 2.71. The summed E-state index contributed by atoms with van der Waals surface area (Å²) in [5.74, 6) is -0.516. The van der Waals surface area contributed by atoms with Crippen LogP contribution in [-0.4, -0.2) is 23.5 Å². The molecule has 0 bridgehead atoms. The number of hydrogen-bond donors (Lipinski definition) is 2. The Hall–Kier alpha value is -1.78. The van der Waals surface area contributed by atoms with Crippen LogP contribution in [0.4, 0.5) is 0 Å². The molecule has 0 aliphatic heterocycles. The van der Waals surface area contributed by atoms with Crippen LogP contribution in [0.15, 0.2) is 16.7 Å². The van der Waals surface area contributed by atoms with E-state index in [4.69, 9.17) is 4.42 Å². The van der Waals surface area contributed by atoms with Crippen molar-refractivity contribution < 1.29 is 19.1 Å². The molecule has 5 nitrogen and oxygen atoms in total. The largest absolute Gasteiger partial charge is 0.481 e. The van der Waals surface area contributed by atoms with Crippen LogP contribution < -0.4 is 5.32 Å². The highest BCUT2D eigenvalue weighted by Gasteiger charge is 2.39. The van der Waals surface area contributed by atoms with Gasteiger partial charge in [-0.3, -0.25) is 9.59 Å². The first-order valence-corrected chi connectivity index (χ1v) is 7.11. The number of carbonyl (C=O) groups excluding carboxylic acids is 1. The third kappa shape index (κ3) is 3.03. The van der Waals surface area contributed by atoms with Crippen LogP contribution in [0, 0.1) is 12.3 Å². The molecule has 0 radical (unpaired) electrons. The van der Waals surface area contributed by atoms with E-state index in [0.29, 0.717) is 24.2 Å². The van der Waals surface area contributed by atoms with Crippen LogP contribution in [0.1, 0.15) is 54.6 Å². The second-order valence-corrected chi connectivity index (χ2v) is 5.57. The van der Waals surface area contributed by atoms with E-state index in [0.717, 1.165) is 25.7 Å². The van der Waals surface area contributed by atoms with Gasteiger partial charge in [-0.15, -0.1) is 0 Å². The van der Waals surface area contributed by atoms with E-state index in [9.17, 15) is 14.7 Å². The van der Waals surface area contributed by atoms with Crippen molar-refractivity contribution in [1.82, 2.24) is 5.32 Å². The zero-order chi connectivity index (χ0) is 14.6. The van der Waals surface area contributed by atoms with Crippen LogP contribution >= 0.6 is 0 Å². The van der Waals surface area contributed by atoms with Gasteiger partial charge in [0, 0.05) is 6.54 Å². The minimum absolute atomic E-state index is 0.186. The Balaban J connectivity index is 2.04. The Bertz CT molecular complexity index is 484. The van der Waals surface area contributed by atoms with Gasteiger partial charge in [-0.1, -0.05) is 25.7 Å². The Morgan fingerprint density at radius 3 is 2.45 bits per heavy atom. The lowest BCUT2D eigenvalue weighted by Crippen LogP contribution is -2.43. The van der Waals surface area contributed by atoms with Crippen molar-refractivity contribution >= 4 is 11.9 Å². The maximum Gasteiger partial charge on any atom is 0.311 e. The van der Waals surface area contributed by atoms with Crippen molar-refractivity contribution in [1.29, 1.82) is 0 Å². The van der Waals surface area contributed by atoms with Crippen molar-refractivity contribution in [3.05, 3.63) is 23.7 Å². The summed E-state index contributed by atoms with van der Waals surface area (Å²) in [5, 5.41) is 12.3. The van der Waals surface area contributed by atoms with Crippen LogP contribution in [0.3, 0.4) is 0 Å². The molecule has 1 saturated carbocycles. The van der Waals surface area contributed by atoms with Gasteiger partial charge in [0.15, 0.2) is 0 Å². The summed E-state index contributed by atoms with van der Waals surface area (Å²) >= 11 is 0. The van der Waals surface area contributed by atoms with E-state index in [-0.39, 0.29) is 12.5 Å². The monoisotopic (exact) mass is 279 g/mol. The van der Waals surface area contributed by atoms with E-state index in [1.807, 2.05) is 0 Å². The van der Waals surface area contributed by atoms with E-state index < -0.39 is 11.4 Å². The van der Waals surface area contributed by atoms with Gasteiger partial charge in [-0.05, 0) is 25.8 Å². The number of aryl methyl sites for hydroxylation is 1. The Labute approximate surface area is 118 Å². The lowest BCUT2D eigenvalue weighted by Gasteiger charge is -2.28. The van der Waals surface area contributed by atoms with E-state index in [1.165, 1.54) is 6.26 Å². The quantitative estimate of drug-likeness (QED) is 0.830. The topological polar surface area (TPSA) is 79.5 Å². The van der Waals surface area contributed by atoms with Crippen LogP contribution in [-0.2, 0) is 4.79 Å². The number of carboxylic acids is 1. The lowest BCUT2D eigenvalue weighted by atomic mass is 9.80. The number of hydrogen-bond acceptors (Lipinski definition) is 3. The van der Waals surface area contributed by atoms with Gasteiger partial charge >= 0.3 is 5.97 Å². The minimum atomic E-state index is -0.816. The molecule has 20 heavy (non-hydrogen) atoms. The first-order valence-electron chi connectivity index (χ1n) is 7.11. The molecule has 1 amide bonds. The molecule has 5 heteroatoms. The molecule has 110 valence electrons. The smallest absolute Gasteiger partial charge is 0.311 e. The fourth-order valence-corrected chi connectivity index (χ4v) is 2.84. The molecule has 0 spiro atoms. The predicted octanol–water partition coefficient (Wildman–Crippen LogP) is 2.74. The van der Waals surface area contributed by atoms with Gasteiger partial charge in [0.05, 0.1) is 17.2 Å². The van der Waals surface area contributed by atoms with E-state index >= 15 is 0 Å². The summed E-state index contributed by atoms with van der Waals surface area (Å²) in [6, 6.07) is 1.60. The van der Waals surface area contributed by atoms with Crippen molar-refractivity contribution in [2.75, 3.05) is 6.54 Å². The van der Waals surface area contributed by atoms with Crippen molar-refractivity contribution in [2.45, 2.75) is 45.4 Å². The first kappa shape index (κ1) is 14.6. The van der Waals surface area contributed by atoms with Crippen molar-refractivity contribution in [3.8, 4) is 0 Å². The summed E-state index contributed by atoms with van der Waals surface area (Å²) in [5.41, 5.74) is -0.344. The molecule has 2 rings (SSSR count). The highest BCUT2D eigenvalue weighted by molar-refractivity contribution is 5.95. The number of carboxylic acid groups (broad SMARTS) is 1. The summed E-state index contributed by atoms with van der Waals surface area (Å²) in [4.78, 5) is 23.7. The number of aliphatic carboxylic acids is 1. The standard InChI is InChI=1S/C15H21NO4/c1-11-12(6-9-20-11)13(17)16-10-15(14(18)19)7-4-2-3-5-8-15/h6,9H,2-5,7-8,10H2,1H3,(H,16,17)(H,18,19). The van der Waals surface area contributed by atoms with Gasteiger partial charge in [-0.25, -0.2) is 0 Å². The summed E-state index contributed by atoms with van der Waals surface area (Å²) in [7, 11) is 0. The number of furan rings is 1. The maximum absolute atomic E-state index is 12.1. The Kier molecular flexibility index (Phi) is 4.47. The molecule has 0 aromatic carbocycles. The van der Waals surface area contributed by atoms with Gasteiger partial charge in [0.2, 0.25) is 0 Å². The highest BCUT2D eigenvalue weighted by atomic mass is 16.4. The van der Waals surface area contributed by atoms with Gasteiger partial charge in [0.1, 0.15) is 5.76 Å². The van der Waals surface area contributed by atoms with Gasteiger partial charge in [-0.2, -0.15) is 0 Å². The number of rotatable bonds is 4. The molecule has 1 heterocycles. The molecule has 0 saturated heterocycles. The average molecular weight is 279 g/mol. The fourth-order valence-electron chi connectivity index (χ4n) is 2.84. The van der Waals surface area contributed by atoms with E-state index in [2.05, 4.69) is 5.32 Å². The summed E-state index contributed by atoms with van der Waals surface area (Å²) < 4.78 is 5.09. The number of nitrogens with one attached hydrogen (secondary N) is 1. The third-order valence-corrected chi connectivity index (χ3v) is 4.21. The molecule has 2 N–H and O–H groups in total. The van der Waals surface area contributed by atoms with Crippen LogP contribution in [0.25, 0.3) is 0 Å². The molecule has 0 atom stereocenters. The maximum atomic E-state index is 12.1. The van der Waals surface area contributed by atoms with E-state index in [1.54, 1.807) is 13.0 Å². The third-order valence-electron chi connectivity index (χ3n) is 4.21. The molecule has 1 aliphatic carbocycles. The second kappa shape index (κ2) is 6.11. The lowest BCUT2D eigenvalue weighted by molar-refractivity contribution is -0.149. The number of amides is 1. The predicted molar refractivity (Wildman–Crippen MR) is 73.5 cm³/mol. The zero-order valence-electron chi connectivity index (χ0n) is 11.8. The second-order valence-electron chi connectivity index (χ2n) is 5.57. The molecule has 0 unspecified atom stereocenters. The van der Waals surface area contributed by atoms with Crippen LogP contribution in [0.5, 0.6) is 0 Å². The molecular formula is C15H21NO4. The first-order chi connectivity index (χ1) is 9.55. The van der Waals surface area contributed by atoms with Gasteiger partial charge < -0.3 is 14.8 Å². The molecule has 1 aromatic heterocycles. The normalized spacial score (nSPS) is 18.2. The van der Waals surface area contributed by atoms with Gasteiger partial charge in [0.25, 0.3) is 5.91 Å². The minimum Gasteiger partial charge on any atom is -0.481 e. The molecular weight excluding hydrogens is 258 g/mol. The molecule has 1 fully saturated rings. The number of carbonyl (C=O) groups is 2. The Morgan fingerprint density at radius 2 is 1.95 bits per heavy atom. The summed E-state index contributed by atoms with van der Waals surface area (Å²) in [6.45, 7) is 1.90. The fraction of sp³-hybridized carbons (Fsp3) is 0.600. The SMILES string of the molecule is Cc1occc1C(=O)NCC1(C(=O)O)CCCCCC1. The molecule has 1 aliphatic rings. The zero-order valence-corrected chi connectivity index (χ0v) is 11.8.